The molecule has 11 nitrogen and oxygen atoms in total. The maximum atomic E-state index is 12.9. The topological polar surface area (TPSA) is 173 Å². The quantitative estimate of drug-likeness (QED) is 0.245. The summed E-state index contributed by atoms with van der Waals surface area (Å²) in [4.78, 5) is 48.3. The van der Waals surface area contributed by atoms with Gasteiger partial charge in [-0.25, -0.2) is 9.59 Å². The number of benzene rings is 1. The molecule has 1 heterocycles. The molecule has 0 aliphatic carbocycles. The second kappa shape index (κ2) is 15.7. The highest BCUT2D eigenvalue weighted by molar-refractivity contribution is 6.33. The number of carbonyl (C=O) groups is 4. The van der Waals surface area contributed by atoms with Crippen molar-refractivity contribution in [3.05, 3.63) is 41.4 Å². The maximum Gasteiger partial charge on any atom is 0.328 e. The third kappa shape index (κ3) is 11.2. The third-order valence-corrected chi connectivity index (χ3v) is 6.85. The largest absolute Gasteiger partial charge is 0.478 e. The number of hydrogen-bond donors (Lipinski definition) is 5. The molecule has 1 fully saturated rings. The maximum absolute atomic E-state index is 12.9. The first-order chi connectivity index (χ1) is 18.5. The fraction of sp³-hybridized carbons (Fsp3) is 0.571. The molecule has 0 aromatic heterocycles. The van der Waals surface area contributed by atoms with Crippen LogP contribution in [0.4, 0.5) is 5.69 Å². The van der Waals surface area contributed by atoms with E-state index in [2.05, 4.69) is 19.2 Å². The van der Waals surface area contributed by atoms with Crippen molar-refractivity contribution >= 4 is 41.0 Å². The predicted molar refractivity (Wildman–Crippen MR) is 154 cm³/mol. The minimum Gasteiger partial charge on any atom is -0.478 e. The lowest BCUT2D eigenvalue weighted by Gasteiger charge is -2.47. The highest BCUT2D eigenvalue weighted by Crippen LogP contribution is 2.31. The van der Waals surface area contributed by atoms with Crippen molar-refractivity contribution in [2.24, 2.45) is 17.6 Å². The molecule has 1 saturated heterocycles. The van der Waals surface area contributed by atoms with Gasteiger partial charge in [0.05, 0.1) is 23.4 Å². The number of carbonyl (C=O) groups excluding carboxylic acids is 2. The van der Waals surface area contributed by atoms with Gasteiger partial charge in [0.15, 0.2) is 0 Å². The first-order valence-electron chi connectivity index (χ1n) is 13.1. The van der Waals surface area contributed by atoms with Gasteiger partial charge in [-0.2, -0.15) is 0 Å². The summed E-state index contributed by atoms with van der Waals surface area (Å²) in [6.45, 7) is 12.9. The first kappa shape index (κ1) is 35.0. The van der Waals surface area contributed by atoms with Crippen LogP contribution in [0.5, 0.6) is 0 Å². The standard InChI is InChI=1S/C24H39ClN4O3.C4H4O4/c1-15(2)17(23(32)27-16(3)4)11-21(30)19(26)12-28-13-22(31)29(14-24(28,5)6)20-10-8-7-9-18(20)25;5-3(6)1-2-4(7)8/h7-10,15-17,19,21,30H,11-14,26H2,1-6H3,(H,27,32);1-2H,(H,5,6)(H,7,8)/b;2-1+/t17-,19-,21-;/m0./s1. The van der Waals surface area contributed by atoms with Crippen molar-refractivity contribution < 1.29 is 34.5 Å². The number of amides is 2. The second-order valence-electron chi connectivity index (χ2n) is 11.1. The predicted octanol–water partition coefficient (Wildman–Crippen LogP) is 2.35. The Kier molecular flexibility index (Phi) is 13.8. The number of halogens is 1. The van der Waals surface area contributed by atoms with Crippen LogP contribution in [-0.4, -0.2) is 87.3 Å². The minimum atomic E-state index is -1.26. The van der Waals surface area contributed by atoms with Gasteiger partial charge in [0.1, 0.15) is 0 Å². The van der Waals surface area contributed by atoms with Gasteiger partial charge in [-0.3, -0.25) is 14.5 Å². The minimum absolute atomic E-state index is 0.0378. The summed E-state index contributed by atoms with van der Waals surface area (Å²) < 4.78 is 0. The van der Waals surface area contributed by atoms with Gasteiger partial charge in [-0.15, -0.1) is 0 Å². The van der Waals surface area contributed by atoms with Crippen LogP contribution >= 0.6 is 11.6 Å². The number of para-hydroxylation sites is 1. The van der Waals surface area contributed by atoms with E-state index in [1.807, 2.05) is 50.8 Å². The number of aliphatic hydroxyl groups is 1. The lowest BCUT2D eigenvalue weighted by molar-refractivity contribution is -0.134. The molecule has 1 aromatic rings. The molecule has 1 aliphatic heterocycles. The van der Waals surface area contributed by atoms with E-state index in [4.69, 9.17) is 27.5 Å². The summed E-state index contributed by atoms with van der Waals surface area (Å²) >= 11 is 6.32. The first-order valence-corrected chi connectivity index (χ1v) is 13.5. The van der Waals surface area contributed by atoms with Crippen LogP contribution in [0, 0.1) is 11.8 Å². The van der Waals surface area contributed by atoms with Crippen molar-refractivity contribution in [1.29, 1.82) is 0 Å². The van der Waals surface area contributed by atoms with Gasteiger partial charge in [-0.1, -0.05) is 37.6 Å². The van der Waals surface area contributed by atoms with Crippen molar-refractivity contribution in [3.63, 3.8) is 0 Å². The van der Waals surface area contributed by atoms with Gasteiger partial charge in [0.2, 0.25) is 11.8 Å². The molecule has 224 valence electrons. The Labute approximate surface area is 241 Å². The van der Waals surface area contributed by atoms with Gasteiger partial charge >= 0.3 is 11.9 Å². The van der Waals surface area contributed by atoms with Crippen molar-refractivity contribution in [2.45, 2.75) is 71.7 Å². The Morgan fingerprint density at radius 1 is 1.10 bits per heavy atom. The van der Waals surface area contributed by atoms with Crippen LogP contribution in [0.2, 0.25) is 5.02 Å². The Bertz CT molecular complexity index is 1040. The third-order valence-electron chi connectivity index (χ3n) is 6.53. The molecule has 0 spiro atoms. The number of nitrogens with two attached hydrogens (primary N) is 1. The summed E-state index contributed by atoms with van der Waals surface area (Å²) in [6.07, 6.45) is 0.545. The summed E-state index contributed by atoms with van der Waals surface area (Å²) in [5, 5.41) is 29.9. The average Bonchev–Trinajstić information content (AvgIpc) is 2.83. The lowest BCUT2D eigenvalue weighted by atomic mass is 9.86. The van der Waals surface area contributed by atoms with Crippen LogP contribution < -0.4 is 16.0 Å². The molecule has 12 heteroatoms. The summed E-state index contributed by atoms with van der Waals surface area (Å²) in [5.41, 5.74) is 6.70. The number of aliphatic hydroxyl groups excluding tert-OH is 1. The Morgan fingerprint density at radius 2 is 1.65 bits per heavy atom. The number of nitrogens with zero attached hydrogens (tertiary/aromatic N) is 2. The van der Waals surface area contributed by atoms with Crippen LogP contribution in [-0.2, 0) is 19.2 Å². The second-order valence-corrected chi connectivity index (χ2v) is 11.5. The fourth-order valence-electron chi connectivity index (χ4n) is 4.27. The molecule has 2 rings (SSSR count). The Morgan fingerprint density at radius 3 is 2.12 bits per heavy atom. The summed E-state index contributed by atoms with van der Waals surface area (Å²) in [5.74, 6) is -2.89. The van der Waals surface area contributed by atoms with E-state index in [0.29, 0.717) is 36.0 Å². The van der Waals surface area contributed by atoms with E-state index in [1.165, 1.54) is 0 Å². The number of carboxylic acid groups (broad SMARTS) is 2. The molecule has 40 heavy (non-hydrogen) atoms. The normalized spacial score (nSPS) is 17.8. The highest BCUT2D eigenvalue weighted by atomic mass is 35.5. The SMILES string of the molecule is CC(C)NC(=O)[C@@H](C[C@H](O)[C@@H](N)CN1CC(=O)N(c2ccccc2Cl)CC1(C)C)C(C)C.O=C(O)/C=C/C(=O)O. The zero-order valence-electron chi connectivity index (χ0n) is 24.0. The van der Waals surface area contributed by atoms with Gasteiger partial charge in [0, 0.05) is 48.8 Å². The molecule has 3 atom stereocenters. The van der Waals surface area contributed by atoms with Gasteiger partial charge in [-0.05, 0) is 52.2 Å². The molecule has 6 N–H and O–H groups in total. The Balaban J connectivity index is 0.000000869. The van der Waals surface area contributed by atoms with E-state index >= 15 is 0 Å². The van der Waals surface area contributed by atoms with Crippen LogP contribution in [0.15, 0.2) is 36.4 Å². The number of aliphatic carboxylic acids is 2. The lowest BCUT2D eigenvalue weighted by Crippen LogP contribution is -2.64. The molecular weight excluding hydrogens is 540 g/mol. The van der Waals surface area contributed by atoms with Crippen LogP contribution in [0.1, 0.15) is 48.0 Å². The van der Waals surface area contributed by atoms with Crippen LogP contribution in [0.25, 0.3) is 0 Å². The average molecular weight is 583 g/mol. The molecule has 2 amide bonds. The van der Waals surface area contributed by atoms with Crippen molar-refractivity contribution in [1.82, 2.24) is 10.2 Å². The van der Waals surface area contributed by atoms with E-state index in [-0.39, 0.29) is 48.2 Å². The van der Waals surface area contributed by atoms with E-state index in [9.17, 15) is 24.3 Å². The van der Waals surface area contributed by atoms with Crippen molar-refractivity contribution in [2.75, 3.05) is 24.5 Å². The zero-order chi connectivity index (χ0) is 30.8. The van der Waals surface area contributed by atoms with E-state index in [1.54, 1.807) is 11.0 Å². The van der Waals surface area contributed by atoms with Crippen molar-refractivity contribution in [3.8, 4) is 0 Å². The number of hydrogen-bond acceptors (Lipinski definition) is 7. The number of carboxylic acids is 2. The molecule has 0 saturated carbocycles. The highest BCUT2D eigenvalue weighted by Gasteiger charge is 2.40. The molecule has 1 aromatic carbocycles. The van der Waals surface area contributed by atoms with Gasteiger partial charge < -0.3 is 31.3 Å². The smallest absolute Gasteiger partial charge is 0.328 e. The number of anilines is 1. The summed E-state index contributed by atoms with van der Waals surface area (Å²) in [6, 6.07) is 6.77. The molecule has 1 aliphatic rings. The number of nitrogens with one attached hydrogen (secondary N) is 1. The van der Waals surface area contributed by atoms with E-state index < -0.39 is 24.1 Å². The van der Waals surface area contributed by atoms with E-state index in [0.717, 1.165) is 0 Å². The molecule has 0 bridgehead atoms. The zero-order valence-corrected chi connectivity index (χ0v) is 24.8. The Hall–Kier alpha value is -2.99. The monoisotopic (exact) mass is 582 g/mol. The summed E-state index contributed by atoms with van der Waals surface area (Å²) in [7, 11) is 0. The van der Waals surface area contributed by atoms with Crippen LogP contribution in [0.3, 0.4) is 0 Å². The van der Waals surface area contributed by atoms with Gasteiger partial charge in [0.25, 0.3) is 0 Å². The molecule has 0 unspecified atom stereocenters. The fourth-order valence-corrected chi connectivity index (χ4v) is 4.50. The molecular formula is C28H43ClN4O7. The number of piperazine rings is 1. The number of rotatable bonds is 11. The molecule has 0 radical (unpaired) electrons.